The summed E-state index contributed by atoms with van der Waals surface area (Å²) in [6.45, 7) is 4.23. The lowest BCUT2D eigenvalue weighted by atomic mass is 9.84. The summed E-state index contributed by atoms with van der Waals surface area (Å²) in [5, 5.41) is 0.742. The Morgan fingerprint density at radius 1 is 0.696 bits per heavy atom. The molecule has 0 N–H and O–H groups in total. The van der Waals surface area contributed by atoms with Crippen molar-refractivity contribution in [1.82, 2.24) is 0 Å². The first kappa shape index (κ1) is 16.3. The minimum Gasteiger partial charge on any atom is -0.0843 e. The molecule has 0 aliphatic rings. The first-order valence-corrected chi connectivity index (χ1v) is 8.76. The van der Waals surface area contributed by atoms with E-state index in [0.29, 0.717) is 0 Å². The van der Waals surface area contributed by atoms with E-state index in [0.717, 1.165) is 10.6 Å². The van der Waals surface area contributed by atoms with Crippen LogP contribution >= 0.6 is 27.5 Å². The van der Waals surface area contributed by atoms with Gasteiger partial charge in [0.05, 0.1) is 0 Å². The Hall–Kier alpha value is -1.57. The molecule has 116 valence electrons. The lowest BCUT2D eigenvalue weighted by Gasteiger charge is -2.30. The highest BCUT2D eigenvalue weighted by Gasteiger charge is 2.33. The molecule has 0 heterocycles. The summed E-state index contributed by atoms with van der Waals surface area (Å²) in [5.74, 6) is 0. The van der Waals surface area contributed by atoms with Crippen molar-refractivity contribution in [3.8, 4) is 0 Å². The van der Waals surface area contributed by atoms with Crippen molar-refractivity contribution in [2.45, 2.75) is 18.2 Å². The molecule has 3 aromatic carbocycles. The lowest BCUT2D eigenvalue weighted by molar-refractivity contribution is 0.912. The van der Waals surface area contributed by atoms with Crippen LogP contribution in [0.15, 0.2) is 72.8 Å². The first-order valence-electron chi connectivity index (χ1n) is 7.59. The molecule has 3 rings (SSSR count). The molecule has 0 atom stereocenters. The molecule has 0 saturated carbocycles. The van der Waals surface area contributed by atoms with Crippen LogP contribution in [0.25, 0.3) is 0 Å². The Morgan fingerprint density at radius 3 is 1.57 bits per heavy atom. The third-order valence-corrected chi connectivity index (χ3v) is 5.66. The summed E-state index contributed by atoms with van der Waals surface area (Å²) < 4.78 is -0.421. The van der Waals surface area contributed by atoms with Crippen LogP contribution in [0, 0.1) is 13.8 Å². The SMILES string of the molecule is Cc1cccc(C(Br)(c2cccc(C)c2)c2cccc(Cl)c2)c1. The van der Waals surface area contributed by atoms with E-state index in [9.17, 15) is 0 Å². The topological polar surface area (TPSA) is 0 Å². The molecule has 0 amide bonds. The second kappa shape index (κ2) is 6.51. The third-order valence-electron chi connectivity index (χ3n) is 4.05. The summed E-state index contributed by atoms with van der Waals surface area (Å²) in [7, 11) is 0. The normalized spacial score (nSPS) is 11.5. The van der Waals surface area contributed by atoms with Crippen LogP contribution in [0.4, 0.5) is 0 Å². The standard InChI is InChI=1S/C21H18BrCl/c1-15-6-3-8-17(12-15)21(22,18-9-4-7-16(2)13-18)19-10-5-11-20(23)14-19/h3-14H,1-2H3. The van der Waals surface area contributed by atoms with Crippen LogP contribution in [0.5, 0.6) is 0 Å². The van der Waals surface area contributed by atoms with Gasteiger partial charge in [0.1, 0.15) is 4.32 Å². The molecule has 0 fully saturated rings. The molecular weight excluding hydrogens is 368 g/mol. The van der Waals surface area contributed by atoms with Crippen molar-refractivity contribution in [2.75, 3.05) is 0 Å². The molecule has 23 heavy (non-hydrogen) atoms. The zero-order valence-corrected chi connectivity index (χ0v) is 15.5. The Kier molecular flexibility index (Phi) is 4.61. The molecule has 0 radical (unpaired) electrons. The quantitative estimate of drug-likeness (QED) is 0.350. The van der Waals surface area contributed by atoms with Gasteiger partial charge in [-0.3, -0.25) is 0 Å². The van der Waals surface area contributed by atoms with Crippen molar-refractivity contribution in [1.29, 1.82) is 0 Å². The van der Waals surface area contributed by atoms with Gasteiger partial charge in [0.25, 0.3) is 0 Å². The fourth-order valence-electron chi connectivity index (χ4n) is 2.92. The molecular formula is C21H18BrCl. The lowest BCUT2D eigenvalue weighted by Crippen LogP contribution is -2.22. The van der Waals surface area contributed by atoms with Gasteiger partial charge in [0.2, 0.25) is 0 Å². The van der Waals surface area contributed by atoms with Gasteiger partial charge in [-0.15, -0.1) is 0 Å². The molecule has 3 aromatic rings. The van der Waals surface area contributed by atoms with E-state index in [4.69, 9.17) is 11.6 Å². The summed E-state index contributed by atoms with van der Waals surface area (Å²) in [6, 6.07) is 25.2. The van der Waals surface area contributed by atoms with Crippen molar-refractivity contribution in [3.63, 3.8) is 0 Å². The van der Waals surface area contributed by atoms with Crippen LogP contribution in [-0.4, -0.2) is 0 Å². The largest absolute Gasteiger partial charge is 0.100 e. The van der Waals surface area contributed by atoms with E-state index in [-0.39, 0.29) is 0 Å². The van der Waals surface area contributed by atoms with Crippen LogP contribution in [0.3, 0.4) is 0 Å². The van der Waals surface area contributed by atoms with Gasteiger partial charge >= 0.3 is 0 Å². The number of halogens is 2. The minimum absolute atomic E-state index is 0.421. The maximum atomic E-state index is 6.27. The molecule has 2 heteroatoms. The van der Waals surface area contributed by atoms with Crippen LogP contribution < -0.4 is 0 Å². The third kappa shape index (κ3) is 3.22. The fraction of sp³-hybridized carbons (Fsp3) is 0.143. The Balaban J connectivity index is 2.29. The van der Waals surface area contributed by atoms with Crippen LogP contribution in [-0.2, 0) is 4.32 Å². The average Bonchev–Trinajstić information content (AvgIpc) is 2.54. The number of alkyl halides is 1. The maximum Gasteiger partial charge on any atom is 0.100 e. The maximum absolute atomic E-state index is 6.27. The Labute approximate surface area is 151 Å². The summed E-state index contributed by atoms with van der Waals surface area (Å²) in [6.07, 6.45) is 0. The predicted molar refractivity (Wildman–Crippen MR) is 103 cm³/mol. The van der Waals surface area contributed by atoms with Gasteiger partial charge in [-0.05, 0) is 42.7 Å². The van der Waals surface area contributed by atoms with E-state index >= 15 is 0 Å². The van der Waals surface area contributed by atoms with Crippen molar-refractivity contribution in [2.24, 2.45) is 0 Å². The first-order chi connectivity index (χ1) is 11.0. The summed E-state index contributed by atoms with van der Waals surface area (Å²) in [4.78, 5) is 0. The van der Waals surface area contributed by atoms with Crippen molar-refractivity contribution in [3.05, 3.63) is 106 Å². The molecule has 0 spiro atoms. The van der Waals surface area contributed by atoms with Crippen molar-refractivity contribution < 1.29 is 0 Å². The molecule has 0 bridgehead atoms. The van der Waals surface area contributed by atoms with Gasteiger partial charge in [-0.25, -0.2) is 0 Å². The molecule has 0 saturated heterocycles. The highest BCUT2D eigenvalue weighted by molar-refractivity contribution is 9.10. The molecule has 0 aliphatic carbocycles. The molecule has 0 aromatic heterocycles. The number of hydrogen-bond acceptors (Lipinski definition) is 0. The van der Waals surface area contributed by atoms with E-state index < -0.39 is 4.32 Å². The van der Waals surface area contributed by atoms with Crippen molar-refractivity contribution >= 4 is 27.5 Å². The Morgan fingerprint density at radius 2 is 1.13 bits per heavy atom. The van der Waals surface area contributed by atoms with Crippen LogP contribution in [0.1, 0.15) is 27.8 Å². The number of aryl methyl sites for hydroxylation is 2. The smallest absolute Gasteiger partial charge is 0.0843 e. The van der Waals surface area contributed by atoms with Gasteiger partial charge in [-0.2, -0.15) is 0 Å². The van der Waals surface area contributed by atoms with E-state index in [1.165, 1.54) is 22.3 Å². The monoisotopic (exact) mass is 384 g/mol. The zero-order valence-electron chi connectivity index (χ0n) is 13.2. The number of rotatable bonds is 3. The van der Waals surface area contributed by atoms with Gasteiger partial charge in [-0.1, -0.05) is 99.3 Å². The van der Waals surface area contributed by atoms with E-state index in [2.05, 4.69) is 84.4 Å². The highest BCUT2D eigenvalue weighted by Crippen LogP contribution is 2.45. The zero-order chi connectivity index (χ0) is 16.4. The molecule has 0 unspecified atom stereocenters. The molecule has 0 aliphatic heterocycles. The van der Waals surface area contributed by atoms with Gasteiger partial charge in [0.15, 0.2) is 0 Å². The van der Waals surface area contributed by atoms with Gasteiger partial charge < -0.3 is 0 Å². The van der Waals surface area contributed by atoms with Gasteiger partial charge in [0, 0.05) is 5.02 Å². The predicted octanol–water partition coefficient (Wildman–Crippen LogP) is 6.64. The highest BCUT2D eigenvalue weighted by atomic mass is 79.9. The summed E-state index contributed by atoms with van der Waals surface area (Å²) in [5.41, 5.74) is 6.00. The number of benzene rings is 3. The summed E-state index contributed by atoms with van der Waals surface area (Å²) >= 11 is 10.3. The fourth-order valence-corrected chi connectivity index (χ4v) is 3.85. The number of hydrogen-bond donors (Lipinski definition) is 0. The molecule has 0 nitrogen and oxygen atoms in total. The van der Waals surface area contributed by atoms with E-state index in [1.54, 1.807) is 0 Å². The van der Waals surface area contributed by atoms with Crippen LogP contribution in [0.2, 0.25) is 5.02 Å². The Bertz CT molecular complexity index is 728. The van der Waals surface area contributed by atoms with E-state index in [1.807, 2.05) is 18.2 Å². The minimum atomic E-state index is -0.421. The second-order valence-electron chi connectivity index (χ2n) is 5.91. The average molecular weight is 386 g/mol. The second-order valence-corrected chi connectivity index (χ2v) is 7.53.